The van der Waals surface area contributed by atoms with Gasteiger partial charge in [0.1, 0.15) is 9.84 Å². The van der Waals surface area contributed by atoms with Crippen molar-refractivity contribution < 1.29 is 17.9 Å². The summed E-state index contributed by atoms with van der Waals surface area (Å²) in [5.41, 5.74) is 1.10. The average molecular weight is 271 g/mol. The van der Waals surface area contributed by atoms with Crippen molar-refractivity contribution in [2.24, 2.45) is 0 Å². The van der Waals surface area contributed by atoms with E-state index in [4.69, 9.17) is 9.47 Å². The maximum Gasteiger partial charge on any atom is 0.231 e. The third-order valence-corrected chi connectivity index (χ3v) is 3.67. The van der Waals surface area contributed by atoms with Crippen LogP contribution >= 0.6 is 0 Å². The molecule has 0 aromatic heterocycles. The molecule has 1 aliphatic rings. The van der Waals surface area contributed by atoms with Gasteiger partial charge in [0, 0.05) is 12.8 Å². The molecule has 0 bridgehead atoms. The lowest BCUT2D eigenvalue weighted by Crippen LogP contribution is -2.17. The molecule has 0 saturated heterocycles. The topological polar surface area (TPSA) is 64.6 Å². The lowest BCUT2D eigenvalue weighted by Gasteiger charge is -2.05. The molecule has 1 aliphatic heterocycles. The standard InChI is InChI=1S/C12H17NO4S/c1-18(14,15)6-2-5-13-8-10-3-4-11-12(7-10)17-9-16-11/h3-4,7,13H,2,5-6,8-9H2,1H3. The van der Waals surface area contributed by atoms with Crippen LogP contribution in [0.15, 0.2) is 18.2 Å². The highest BCUT2D eigenvalue weighted by Gasteiger charge is 2.12. The van der Waals surface area contributed by atoms with Crippen molar-refractivity contribution in [3.63, 3.8) is 0 Å². The number of fused-ring (bicyclic) bond motifs is 1. The van der Waals surface area contributed by atoms with Gasteiger partial charge in [-0.3, -0.25) is 0 Å². The van der Waals surface area contributed by atoms with E-state index in [1.165, 1.54) is 6.26 Å². The molecule has 0 amide bonds. The molecule has 0 fully saturated rings. The molecule has 0 saturated carbocycles. The minimum absolute atomic E-state index is 0.223. The van der Waals surface area contributed by atoms with Gasteiger partial charge in [-0.2, -0.15) is 0 Å². The third-order valence-electron chi connectivity index (χ3n) is 2.63. The van der Waals surface area contributed by atoms with Crippen LogP contribution in [0.5, 0.6) is 11.5 Å². The summed E-state index contributed by atoms with van der Waals surface area (Å²) in [5, 5.41) is 3.20. The second kappa shape index (κ2) is 5.58. The molecule has 6 heteroatoms. The Hall–Kier alpha value is -1.27. The Morgan fingerprint density at radius 3 is 2.83 bits per heavy atom. The maximum atomic E-state index is 10.9. The van der Waals surface area contributed by atoms with E-state index >= 15 is 0 Å². The Morgan fingerprint density at radius 2 is 2.06 bits per heavy atom. The van der Waals surface area contributed by atoms with E-state index in [1.54, 1.807) is 0 Å². The SMILES string of the molecule is CS(=O)(=O)CCCNCc1ccc2c(c1)OCO2. The first-order valence-corrected chi connectivity index (χ1v) is 7.88. The number of nitrogens with one attached hydrogen (secondary N) is 1. The Labute approximate surface area is 107 Å². The lowest BCUT2D eigenvalue weighted by atomic mass is 10.2. The van der Waals surface area contributed by atoms with Crippen LogP contribution in [0.25, 0.3) is 0 Å². The summed E-state index contributed by atoms with van der Waals surface area (Å²) in [6.07, 6.45) is 1.88. The molecule has 0 unspecified atom stereocenters. The quantitative estimate of drug-likeness (QED) is 0.780. The highest BCUT2D eigenvalue weighted by atomic mass is 32.2. The van der Waals surface area contributed by atoms with Crippen molar-refractivity contribution in [2.45, 2.75) is 13.0 Å². The van der Waals surface area contributed by atoms with Gasteiger partial charge in [-0.25, -0.2) is 8.42 Å². The molecule has 0 spiro atoms. The fourth-order valence-electron chi connectivity index (χ4n) is 1.74. The molecule has 0 atom stereocenters. The molecule has 1 aromatic carbocycles. The molecule has 18 heavy (non-hydrogen) atoms. The summed E-state index contributed by atoms with van der Waals surface area (Å²) >= 11 is 0. The predicted octanol–water partition coefficient (Wildman–Crippen LogP) is 0.940. The van der Waals surface area contributed by atoms with Gasteiger partial charge in [-0.05, 0) is 30.7 Å². The zero-order chi connectivity index (χ0) is 13.0. The minimum Gasteiger partial charge on any atom is -0.454 e. The second-order valence-corrected chi connectivity index (χ2v) is 6.61. The van der Waals surface area contributed by atoms with Crippen molar-refractivity contribution in [3.05, 3.63) is 23.8 Å². The third kappa shape index (κ3) is 3.89. The Kier molecular flexibility index (Phi) is 4.08. The van der Waals surface area contributed by atoms with Crippen LogP contribution in [0, 0.1) is 0 Å². The summed E-state index contributed by atoms with van der Waals surface area (Å²) in [6.45, 7) is 1.66. The normalized spacial score (nSPS) is 13.8. The van der Waals surface area contributed by atoms with Gasteiger partial charge in [-0.1, -0.05) is 6.07 Å². The Balaban J connectivity index is 1.74. The predicted molar refractivity (Wildman–Crippen MR) is 68.6 cm³/mol. The van der Waals surface area contributed by atoms with Crippen LogP contribution in [-0.2, 0) is 16.4 Å². The molecule has 100 valence electrons. The van der Waals surface area contributed by atoms with E-state index in [-0.39, 0.29) is 12.5 Å². The van der Waals surface area contributed by atoms with Crippen molar-refractivity contribution in [1.29, 1.82) is 0 Å². The smallest absolute Gasteiger partial charge is 0.231 e. The molecular weight excluding hydrogens is 254 g/mol. The highest BCUT2D eigenvalue weighted by molar-refractivity contribution is 7.90. The molecular formula is C12H17NO4S. The minimum atomic E-state index is -2.85. The monoisotopic (exact) mass is 271 g/mol. The van der Waals surface area contributed by atoms with Crippen LogP contribution < -0.4 is 14.8 Å². The lowest BCUT2D eigenvalue weighted by molar-refractivity contribution is 0.174. The van der Waals surface area contributed by atoms with Gasteiger partial charge < -0.3 is 14.8 Å². The zero-order valence-corrected chi connectivity index (χ0v) is 11.1. The van der Waals surface area contributed by atoms with E-state index in [0.29, 0.717) is 19.5 Å². The van der Waals surface area contributed by atoms with E-state index in [9.17, 15) is 8.42 Å². The number of ether oxygens (including phenoxy) is 2. The molecule has 2 rings (SSSR count). The number of sulfone groups is 1. The van der Waals surface area contributed by atoms with Crippen LogP contribution in [0.3, 0.4) is 0 Å². The van der Waals surface area contributed by atoms with Crippen LogP contribution in [0.2, 0.25) is 0 Å². The molecule has 5 nitrogen and oxygen atoms in total. The van der Waals surface area contributed by atoms with Gasteiger partial charge in [0.15, 0.2) is 11.5 Å². The van der Waals surface area contributed by atoms with Gasteiger partial charge >= 0.3 is 0 Å². The Bertz CT molecular complexity index is 513. The molecule has 0 aliphatic carbocycles. The molecule has 0 radical (unpaired) electrons. The summed E-state index contributed by atoms with van der Waals surface area (Å²) in [6, 6.07) is 5.79. The highest BCUT2D eigenvalue weighted by Crippen LogP contribution is 2.32. The fourth-order valence-corrected chi connectivity index (χ4v) is 2.41. The zero-order valence-electron chi connectivity index (χ0n) is 10.3. The van der Waals surface area contributed by atoms with E-state index in [2.05, 4.69) is 5.32 Å². The first kappa shape index (κ1) is 13.2. The summed E-state index contributed by atoms with van der Waals surface area (Å²) < 4.78 is 32.4. The van der Waals surface area contributed by atoms with Crippen LogP contribution in [-0.4, -0.2) is 33.8 Å². The van der Waals surface area contributed by atoms with Gasteiger partial charge in [-0.15, -0.1) is 0 Å². The van der Waals surface area contributed by atoms with Crippen molar-refractivity contribution in [1.82, 2.24) is 5.32 Å². The summed E-state index contributed by atoms with van der Waals surface area (Å²) in [5.74, 6) is 1.77. The van der Waals surface area contributed by atoms with Gasteiger partial charge in [0.2, 0.25) is 6.79 Å². The number of hydrogen-bond donors (Lipinski definition) is 1. The maximum absolute atomic E-state index is 10.9. The van der Waals surface area contributed by atoms with Crippen molar-refractivity contribution >= 4 is 9.84 Å². The molecule has 1 N–H and O–H groups in total. The van der Waals surface area contributed by atoms with E-state index in [0.717, 1.165) is 17.1 Å². The first-order valence-electron chi connectivity index (χ1n) is 5.81. The van der Waals surface area contributed by atoms with E-state index < -0.39 is 9.84 Å². The van der Waals surface area contributed by atoms with E-state index in [1.807, 2.05) is 18.2 Å². The first-order chi connectivity index (χ1) is 8.54. The average Bonchev–Trinajstić information content (AvgIpc) is 2.74. The van der Waals surface area contributed by atoms with Crippen molar-refractivity contribution in [3.8, 4) is 11.5 Å². The van der Waals surface area contributed by atoms with Gasteiger partial charge in [0.05, 0.1) is 5.75 Å². The number of rotatable bonds is 6. The van der Waals surface area contributed by atoms with Crippen molar-refractivity contribution in [2.75, 3.05) is 25.3 Å². The summed E-state index contributed by atoms with van der Waals surface area (Å²) in [7, 11) is -2.85. The molecule has 1 heterocycles. The van der Waals surface area contributed by atoms with Crippen LogP contribution in [0.4, 0.5) is 0 Å². The van der Waals surface area contributed by atoms with Gasteiger partial charge in [0.25, 0.3) is 0 Å². The Morgan fingerprint density at radius 1 is 1.28 bits per heavy atom. The second-order valence-electron chi connectivity index (χ2n) is 4.35. The van der Waals surface area contributed by atoms with Crippen LogP contribution in [0.1, 0.15) is 12.0 Å². The summed E-state index contributed by atoms with van der Waals surface area (Å²) in [4.78, 5) is 0. The molecule has 1 aromatic rings. The number of benzene rings is 1. The largest absolute Gasteiger partial charge is 0.454 e. The number of hydrogen-bond acceptors (Lipinski definition) is 5. The fraction of sp³-hybridized carbons (Fsp3) is 0.500.